The predicted octanol–water partition coefficient (Wildman–Crippen LogP) is 0.667. The van der Waals surface area contributed by atoms with E-state index in [1.165, 1.54) is 40.0 Å². The van der Waals surface area contributed by atoms with Crippen LogP contribution in [0, 0.1) is 0 Å². The minimum atomic E-state index is 0. The van der Waals surface area contributed by atoms with Crippen molar-refractivity contribution in [3.05, 3.63) is 0 Å². The van der Waals surface area contributed by atoms with Crippen LogP contribution >= 0.6 is 49.6 Å². The van der Waals surface area contributed by atoms with Gasteiger partial charge in [-0.05, 0) is 0 Å². The van der Waals surface area contributed by atoms with Gasteiger partial charge >= 0.3 is 0 Å². The van der Waals surface area contributed by atoms with Crippen LogP contribution in [0.1, 0.15) is 0 Å². The molecule has 4 aliphatic heterocycles. The van der Waals surface area contributed by atoms with Crippen molar-refractivity contribution < 1.29 is 0 Å². The number of hydrogen-bond acceptors (Lipinski definition) is 4. The van der Waals surface area contributed by atoms with Gasteiger partial charge in [0.15, 0.2) is 0 Å². The van der Waals surface area contributed by atoms with Gasteiger partial charge < -0.3 is 0 Å². The third-order valence-electron chi connectivity index (χ3n) is 2.40. The fraction of sp³-hybridized carbons (Fsp3) is 1.00. The molecule has 14 heavy (non-hydrogen) atoms. The fourth-order valence-electron chi connectivity index (χ4n) is 2.23. The van der Waals surface area contributed by atoms with Crippen molar-refractivity contribution >= 4 is 49.6 Å². The maximum atomic E-state index is 2.47. The molecule has 0 N–H and O–H groups in total. The summed E-state index contributed by atoms with van der Waals surface area (Å²) in [6.45, 7) is 7.12. The topological polar surface area (TPSA) is 13.0 Å². The van der Waals surface area contributed by atoms with E-state index in [2.05, 4.69) is 19.6 Å². The van der Waals surface area contributed by atoms with E-state index in [0.717, 1.165) is 0 Å². The molecule has 4 saturated heterocycles. The van der Waals surface area contributed by atoms with Crippen molar-refractivity contribution in [2.45, 2.75) is 0 Å². The smallest absolute Gasteiger partial charge is 0.0555 e. The number of nitrogens with zero attached hydrogens (tertiary/aromatic N) is 4. The highest BCUT2D eigenvalue weighted by Gasteiger charge is 2.36. The molecule has 0 spiro atoms. The Hall–Kier alpha value is 1.00. The van der Waals surface area contributed by atoms with E-state index in [1.54, 1.807) is 0 Å². The lowest BCUT2D eigenvalue weighted by atomic mass is 10.4. The lowest BCUT2D eigenvalue weighted by molar-refractivity contribution is -0.194. The first-order valence-corrected chi connectivity index (χ1v) is 3.79. The lowest BCUT2D eigenvalue weighted by Gasteiger charge is -2.56. The molecule has 4 aliphatic rings. The molecule has 4 bridgehead atoms. The van der Waals surface area contributed by atoms with Gasteiger partial charge in [0.2, 0.25) is 0 Å². The molecule has 4 fully saturated rings. The Morgan fingerprint density at radius 2 is 0.500 bits per heavy atom. The molecule has 0 aromatic carbocycles. The predicted molar refractivity (Wildman–Crippen MR) is 65.6 cm³/mol. The summed E-state index contributed by atoms with van der Waals surface area (Å²) in [5.74, 6) is 0. The molecule has 0 unspecified atom stereocenters. The zero-order chi connectivity index (χ0) is 6.55. The summed E-state index contributed by atoms with van der Waals surface area (Å²) >= 11 is 0. The van der Waals surface area contributed by atoms with Gasteiger partial charge in [0.1, 0.15) is 0 Å². The van der Waals surface area contributed by atoms with Gasteiger partial charge in [-0.3, -0.25) is 19.6 Å². The average molecular weight is 286 g/mol. The van der Waals surface area contributed by atoms with Gasteiger partial charge in [0.05, 0.1) is 40.0 Å². The second-order valence-electron chi connectivity index (χ2n) is 3.53. The molecular formula is C6H16Cl4N4. The van der Waals surface area contributed by atoms with Crippen LogP contribution in [-0.4, -0.2) is 59.6 Å². The Bertz CT molecular complexity index is 113. The van der Waals surface area contributed by atoms with Crippen LogP contribution in [0.4, 0.5) is 0 Å². The molecule has 4 rings (SSSR count). The van der Waals surface area contributed by atoms with Gasteiger partial charge in [-0.2, -0.15) is 0 Å². The van der Waals surface area contributed by atoms with E-state index in [4.69, 9.17) is 0 Å². The third-order valence-corrected chi connectivity index (χ3v) is 2.40. The minimum absolute atomic E-state index is 0. The summed E-state index contributed by atoms with van der Waals surface area (Å²) in [5, 5.41) is 0. The first kappa shape index (κ1) is 17.4. The molecule has 0 saturated carbocycles. The van der Waals surface area contributed by atoms with Crippen molar-refractivity contribution in [3.63, 3.8) is 0 Å². The molecule has 8 heteroatoms. The average Bonchev–Trinajstić information content (AvgIpc) is 1.82. The summed E-state index contributed by atoms with van der Waals surface area (Å²) in [7, 11) is 0. The highest BCUT2D eigenvalue weighted by Crippen LogP contribution is 2.20. The van der Waals surface area contributed by atoms with E-state index in [-0.39, 0.29) is 49.6 Å². The monoisotopic (exact) mass is 284 g/mol. The van der Waals surface area contributed by atoms with Crippen LogP contribution in [-0.2, 0) is 0 Å². The van der Waals surface area contributed by atoms with Crippen molar-refractivity contribution in [2.75, 3.05) is 40.0 Å². The summed E-state index contributed by atoms with van der Waals surface area (Å²) in [4.78, 5) is 9.88. The summed E-state index contributed by atoms with van der Waals surface area (Å²) in [6, 6.07) is 0. The van der Waals surface area contributed by atoms with Crippen LogP contribution in [0.15, 0.2) is 0 Å². The number of halogens is 4. The van der Waals surface area contributed by atoms with E-state index >= 15 is 0 Å². The Labute approximate surface area is 109 Å². The quantitative estimate of drug-likeness (QED) is 0.649. The Balaban J connectivity index is 0. The molecule has 0 radical (unpaired) electrons. The van der Waals surface area contributed by atoms with Crippen molar-refractivity contribution in [3.8, 4) is 0 Å². The second-order valence-corrected chi connectivity index (χ2v) is 3.53. The van der Waals surface area contributed by atoms with E-state index in [9.17, 15) is 0 Å². The zero-order valence-corrected chi connectivity index (χ0v) is 10.9. The second kappa shape index (κ2) is 6.55. The lowest BCUT2D eigenvalue weighted by Crippen LogP contribution is -2.71. The molecule has 0 aliphatic carbocycles. The van der Waals surface area contributed by atoms with Crippen LogP contribution < -0.4 is 0 Å². The van der Waals surface area contributed by atoms with Gasteiger partial charge in [-0.15, -0.1) is 49.6 Å². The van der Waals surface area contributed by atoms with Crippen molar-refractivity contribution in [1.29, 1.82) is 0 Å². The fourth-order valence-corrected chi connectivity index (χ4v) is 2.23. The van der Waals surface area contributed by atoms with Crippen molar-refractivity contribution in [1.82, 2.24) is 19.6 Å². The molecule has 0 amide bonds. The Morgan fingerprint density at radius 1 is 0.357 bits per heavy atom. The van der Waals surface area contributed by atoms with Gasteiger partial charge in [-0.25, -0.2) is 0 Å². The largest absolute Gasteiger partial charge is 0.264 e. The normalized spacial score (nSPS) is 41.1. The maximum Gasteiger partial charge on any atom is 0.0555 e. The first-order valence-electron chi connectivity index (χ1n) is 3.79. The summed E-state index contributed by atoms with van der Waals surface area (Å²) in [6.07, 6.45) is 0. The Kier molecular flexibility index (Phi) is 8.14. The highest BCUT2D eigenvalue weighted by atomic mass is 35.5. The number of rotatable bonds is 0. The highest BCUT2D eigenvalue weighted by molar-refractivity contribution is 5.86. The van der Waals surface area contributed by atoms with E-state index in [0.29, 0.717) is 0 Å². The first-order chi connectivity index (χ1) is 4.90. The van der Waals surface area contributed by atoms with E-state index < -0.39 is 0 Å². The molecule has 4 heterocycles. The molecule has 0 aromatic rings. The van der Waals surface area contributed by atoms with Crippen molar-refractivity contribution in [2.24, 2.45) is 0 Å². The number of hydrogen-bond donors (Lipinski definition) is 0. The third kappa shape index (κ3) is 3.00. The van der Waals surface area contributed by atoms with Gasteiger partial charge in [0, 0.05) is 0 Å². The van der Waals surface area contributed by atoms with Gasteiger partial charge in [0.25, 0.3) is 0 Å². The SMILES string of the molecule is C1N2CN3CN1CN(C2)C3.Cl.Cl.Cl.Cl. The summed E-state index contributed by atoms with van der Waals surface area (Å²) < 4.78 is 0. The van der Waals surface area contributed by atoms with Crippen LogP contribution in [0.25, 0.3) is 0 Å². The van der Waals surface area contributed by atoms with E-state index in [1.807, 2.05) is 0 Å². The molecular weight excluding hydrogens is 270 g/mol. The zero-order valence-electron chi connectivity index (χ0n) is 7.66. The molecule has 0 aromatic heterocycles. The summed E-state index contributed by atoms with van der Waals surface area (Å²) in [5.41, 5.74) is 0. The standard InChI is InChI=1S/C6H12N4.4ClH/c1-7-2-9-4-8(1)5-10(3-7)6-9;;;;/h1-6H2;4*1H. The van der Waals surface area contributed by atoms with Crippen LogP contribution in [0.5, 0.6) is 0 Å². The Morgan fingerprint density at radius 3 is 0.643 bits per heavy atom. The minimum Gasteiger partial charge on any atom is -0.264 e. The molecule has 4 nitrogen and oxygen atoms in total. The van der Waals surface area contributed by atoms with Crippen LogP contribution in [0.3, 0.4) is 0 Å². The van der Waals surface area contributed by atoms with Gasteiger partial charge in [-0.1, -0.05) is 0 Å². The molecule has 0 atom stereocenters. The molecule has 88 valence electrons. The maximum absolute atomic E-state index is 2.47. The van der Waals surface area contributed by atoms with Crippen LogP contribution in [0.2, 0.25) is 0 Å².